The molecule has 3 heteroatoms. The first-order valence-corrected chi connectivity index (χ1v) is 6.11. The van der Waals surface area contributed by atoms with Crippen molar-refractivity contribution < 1.29 is 4.79 Å². The molecule has 86 valence electrons. The molecule has 0 saturated carbocycles. The van der Waals surface area contributed by atoms with E-state index in [-0.39, 0.29) is 5.92 Å². The summed E-state index contributed by atoms with van der Waals surface area (Å²) >= 11 is 11.2. The molecule has 0 aromatic carbocycles. The Hall–Kier alpha value is -0.270. The van der Waals surface area contributed by atoms with Crippen LogP contribution in [0.15, 0.2) is 23.8 Å². The van der Waals surface area contributed by atoms with Gasteiger partial charge in [0.1, 0.15) is 5.38 Å². The molecule has 1 rings (SSSR count). The molecule has 2 unspecified atom stereocenters. The minimum atomic E-state index is -0.586. The van der Waals surface area contributed by atoms with Crippen LogP contribution in [0.1, 0.15) is 33.6 Å². The molecule has 0 bridgehead atoms. The van der Waals surface area contributed by atoms with E-state index in [1.165, 1.54) is 5.57 Å². The van der Waals surface area contributed by atoms with Gasteiger partial charge in [-0.15, -0.1) is 11.6 Å². The first-order valence-electron chi connectivity index (χ1n) is 5.29. The Morgan fingerprint density at radius 1 is 1.53 bits per heavy atom. The van der Waals surface area contributed by atoms with E-state index in [0.29, 0.717) is 0 Å². The number of rotatable bonds is 2. The van der Waals surface area contributed by atoms with E-state index in [0.717, 1.165) is 12.8 Å². The number of halogens is 2. The largest absolute Gasteiger partial charge is 0.280 e. The molecule has 0 fully saturated rings. The van der Waals surface area contributed by atoms with Gasteiger partial charge in [-0.1, -0.05) is 37.6 Å². The number of alkyl halides is 1. The van der Waals surface area contributed by atoms with Crippen LogP contribution < -0.4 is 0 Å². The normalized spacial score (nSPS) is 21.9. The number of hydrogen-bond acceptors (Lipinski definition) is 1. The summed E-state index contributed by atoms with van der Waals surface area (Å²) in [5, 5.41) is -1.05. The van der Waals surface area contributed by atoms with Gasteiger partial charge in [-0.25, -0.2) is 0 Å². The summed E-state index contributed by atoms with van der Waals surface area (Å²) in [6.07, 6.45) is 7.94. The molecule has 2 atom stereocenters. The third-order valence-electron chi connectivity index (χ3n) is 2.17. The van der Waals surface area contributed by atoms with Crippen molar-refractivity contribution in [2.45, 2.75) is 39.0 Å². The van der Waals surface area contributed by atoms with Crippen molar-refractivity contribution in [1.29, 1.82) is 0 Å². The lowest BCUT2D eigenvalue weighted by atomic mass is 10.0. The quantitative estimate of drug-likeness (QED) is 0.526. The first kappa shape index (κ1) is 14.7. The Balaban J connectivity index is 0.000000921. The van der Waals surface area contributed by atoms with Crippen molar-refractivity contribution in [3.8, 4) is 0 Å². The zero-order valence-electron chi connectivity index (χ0n) is 9.47. The predicted octanol–water partition coefficient (Wildman–Crippen LogP) is 4.30. The van der Waals surface area contributed by atoms with Crippen molar-refractivity contribution in [3.63, 3.8) is 0 Å². The fraction of sp³-hybridized carbons (Fsp3) is 0.583. The van der Waals surface area contributed by atoms with Crippen molar-refractivity contribution in [2.24, 2.45) is 5.92 Å². The van der Waals surface area contributed by atoms with Gasteiger partial charge in [0.05, 0.1) is 0 Å². The summed E-state index contributed by atoms with van der Waals surface area (Å²) in [4.78, 5) is 10.8. The Morgan fingerprint density at radius 2 is 2.13 bits per heavy atom. The fourth-order valence-corrected chi connectivity index (χ4v) is 1.73. The molecule has 0 saturated heterocycles. The average molecular weight is 249 g/mol. The highest BCUT2D eigenvalue weighted by molar-refractivity contribution is 6.69. The Kier molecular flexibility index (Phi) is 7.81. The molecule has 0 aliphatic heterocycles. The maximum absolute atomic E-state index is 10.8. The van der Waals surface area contributed by atoms with Crippen molar-refractivity contribution in [2.75, 3.05) is 0 Å². The average Bonchev–Trinajstić information content (AvgIpc) is 2.45. The predicted molar refractivity (Wildman–Crippen MR) is 67.5 cm³/mol. The number of carbonyl (C=O) groups excluding carboxylic acids is 1. The van der Waals surface area contributed by atoms with Crippen LogP contribution in [0.4, 0.5) is 0 Å². The van der Waals surface area contributed by atoms with Crippen LogP contribution in [0.5, 0.6) is 0 Å². The third kappa shape index (κ3) is 5.39. The smallest absolute Gasteiger partial charge is 0.240 e. The van der Waals surface area contributed by atoms with Gasteiger partial charge in [-0.2, -0.15) is 0 Å². The number of allylic oxidation sites excluding steroid dienone is 4. The second-order valence-corrected chi connectivity index (χ2v) is 4.10. The molecule has 0 spiro atoms. The van der Waals surface area contributed by atoms with E-state index < -0.39 is 10.6 Å². The van der Waals surface area contributed by atoms with Crippen molar-refractivity contribution in [3.05, 3.63) is 23.8 Å². The third-order valence-corrected chi connectivity index (χ3v) is 3.03. The molecule has 0 heterocycles. The lowest BCUT2D eigenvalue weighted by Crippen LogP contribution is -2.18. The van der Waals surface area contributed by atoms with Crippen LogP contribution in [0, 0.1) is 5.92 Å². The summed E-state index contributed by atoms with van der Waals surface area (Å²) < 4.78 is 0. The Labute approximate surface area is 102 Å². The van der Waals surface area contributed by atoms with Crippen LogP contribution in [0.25, 0.3) is 0 Å². The van der Waals surface area contributed by atoms with E-state index in [1.54, 1.807) is 0 Å². The summed E-state index contributed by atoms with van der Waals surface area (Å²) in [5.74, 6) is 0.0698. The Bertz CT molecular complexity index is 256. The lowest BCUT2D eigenvalue weighted by molar-refractivity contribution is -0.111. The molecule has 0 radical (unpaired) electrons. The molecular formula is C12H18Cl2O. The molecule has 1 aliphatic carbocycles. The highest BCUT2D eigenvalue weighted by Crippen LogP contribution is 2.24. The minimum absolute atomic E-state index is 0.0698. The van der Waals surface area contributed by atoms with Gasteiger partial charge in [0.25, 0.3) is 0 Å². The molecule has 0 aromatic heterocycles. The molecule has 15 heavy (non-hydrogen) atoms. The van der Waals surface area contributed by atoms with Gasteiger partial charge < -0.3 is 0 Å². The molecule has 1 aliphatic rings. The first-order chi connectivity index (χ1) is 7.11. The molecule has 1 nitrogen and oxygen atoms in total. The van der Waals surface area contributed by atoms with Gasteiger partial charge in [-0.05, 0) is 31.4 Å². The van der Waals surface area contributed by atoms with E-state index >= 15 is 0 Å². The zero-order chi connectivity index (χ0) is 11.8. The second-order valence-electron chi connectivity index (χ2n) is 3.25. The zero-order valence-corrected chi connectivity index (χ0v) is 11.0. The maximum atomic E-state index is 10.8. The van der Waals surface area contributed by atoms with Crippen LogP contribution in [0.3, 0.4) is 0 Å². The SMILES string of the molecule is CC.CC1=CCCC(C(Cl)C(=O)Cl)C=C1. The summed E-state index contributed by atoms with van der Waals surface area (Å²) in [7, 11) is 0. The molecule has 0 amide bonds. The van der Waals surface area contributed by atoms with Gasteiger partial charge in [0.2, 0.25) is 5.24 Å². The topological polar surface area (TPSA) is 17.1 Å². The van der Waals surface area contributed by atoms with Crippen LogP contribution in [0.2, 0.25) is 0 Å². The number of carbonyl (C=O) groups is 1. The van der Waals surface area contributed by atoms with E-state index in [2.05, 4.69) is 6.08 Å². The highest BCUT2D eigenvalue weighted by Gasteiger charge is 2.22. The highest BCUT2D eigenvalue weighted by atomic mass is 35.5. The molecule has 0 N–H and O–H groups in total. The van der Waals surface area contributed by atoms with Gasteiger partial charge in [0.15, 0.2) is 0 Å². The molecular weight excluding hydrogens is 231 g/mol. The van der Waals surface area contributed by atoms with Crippen LogP contribution in [-0.2, 0) is 4.79 Å². The fourth-order valence-electron chi connectivity index (χ4n) is 1.36. The second kappa shape index (κ2) is 7.95. The van der Waals surface area contributed by atoms with E-state index in [9.17, 15) is 4.79 Å². The number of hydrogen-bond donors (Lipinski definition) is 0. The molecule has 0 aromatic rings. The van der Waals surface area contributed by atoms with E-state index in [4.69, 9.17) is 23.2 Å². The minimum Gasteiger partial charge on any atom is -0.280 e. The van der Waals surface area contributed by atoms with Gasteiger partial charge in [-0.3, -0.25) is 4.79 Å². The Morgan fingerprint density at radius 3 is 2.67 bits per heavy atom. The van der Waals surface area contributed by atoms with Crippen LogP contribution in [-0.4, -0.2) is 10.6 Å². The standard InChI is InChI=1S/C10H12Cl2O.C2H6/c1-7-3-2-4-8(6-5-7)9(11)10(12)13;1-2/h3,5-6,8-9H,2,4H2,1H3;1-2H3. The van der Waals surface area contributed by atoms with Gasteiger partial charge >= 0.3 is 0 Å². The van der Waals surface area contributed by atoms with E-state index in [1.807, 2.05) is 32.9 Å². The van der Waals surface area contributed by atoms with Crippen molar-refractivity contribution in [1.82, 2.24) is 0 Å². The monoisotopic (exact) mass is 248 g/mol. The maximum Gasteiger partial charge on any atom is 0.240 e. The van der Waals surface area contributed by atoms with Gasteiger partial charge in [0, 0.05) is 5.92 Å². The van der Waals surface area contributed by atoms with Crippen molar-refractivity contribution >= 4 is 28.4 Å². The lowest BCUT2D eigenvalue weighted by Gasteiger charge is -2.13. The summed E-state index contributed by atoms with van der Waals surface area (Å²) in [5.41, 5.74) is 1.22. The summed E-state index contributed by atoms with van der Waals surface area (Å²) in [6, 6.07) is 0. The summed E-state index contributed by atoms with van der Waals surface area (Å²) in [6.45, 7) is 6.03. The van der Waals surface area contributed by atoms with Crippen LogP contribution >= 0.6 is 23.2 Å².